The zero-order chi connectivity index (χ0) is 17.5. The number of unbranched alkanes of at least 4 members (excludes halogenated alkanes) is 1. The third kappa shape index (κ3) is 5.27. The molecular weight excluding hydrogens is 370 g/mol. The number of aryl methyl sites for hydroxylation is 2. The number of benzene rings is 2. The number of hydrogen-bond donors (Lipinski definition) is 2. The molecule has 0 unspecified atom stereocenters. The molecule has 0 saturated carbocycles. The first-order valence-electron chi connectivity index (χ1n) is 7.94. The SMILES string of the molecule is Cc1ccc(OCCCCNc2c(Br)cc(C)cc2C(=O)O)cc1. The fourth-order valence-electron chi connectivity index (χ4n) is 2.36. The van der Waals surface area contributed by atoms with Crippen LogP contribution in [0.25, 0.3) is 0 Å². The average molecular weight is 392 g/mol. The maximum absolute atomic E-state index is 11.4. The van der Waals surface area contributed by atoms with Crippen LogP contribution in [0.3, 0.4) is 0 Å². The van der Waals surface area contributed by atoms with E-state index < -0.39 is 5.97 Å². The molecule has 0 aliphatic carbocycles. The predicted molar refractivity (Wildman–Crippen MR) is 100 cm³/mol. The van der Waals surface area contributed by atoms with Crippen molar-refractivity contribution < 1.29 is 14.6 Å². The Bertz CT molecular complexity index is 699. The summed E-state index contributed by atoms with van der Waals surface area (Å²) in [6.07, 6.45) is 1.79. The van der Waals surface area contributed by atoms with E-state index in [9.17, 15) is 9.90 Å². The van der Waals surface area contributed by atoms with Gasteiger partial charge in [0.25, 0.3) is 0 Å². The van der Waals surface area contributed by atoms with E-state index in [4.69, 9.17) is 4.74 Å². The van der Waals surface area contributed by atoms with Crippen molar-refractivity contribution in [1.29, 1.82) is 0 Å². The average Bonchev–Trinajstić information content (AvgIpc) is 2.53. The Morgan fingerprint density at radius 3 is 2.50 bits per heavy atom. The predicted octanol–water partition coefficient (Wildman–Crippen LogP) is 5.04. The topological polar surface area (TPSA) is 58.6 Å². The minimum absolute atomic E-state index is 0.290. The molecule has 2 aromatic carbocycles. The van der Waals surface area contributed by atoms with Crippen LogP contribution in [0.5, 0.6) is 5.75 Å². The molecular formula is C19H22BrNO3. The van der Waals surface area contributed by atoms with Crippen molar-refractivity contribution in [1.82, 2.24) is 0 Å². The van der Waals surface area contributed by atoms with Crippen LogP contribution >= 0.6 is 15.9 Å². The molecule has 0 saturated heterocycles. The zero-order valence-electron chi connectivity index (χ0n) is 13.9. The Morgan fingerprint density at radius 1 is 1.12 bits per heavy atom. The van der Waals surface area contributed by atoms with E-state index in [1.165, 1.54) is 5.56 Å². The normalized spacial score (nSPS) is 10.5. The molecule has 0 amide bonds. The van der Waals surface area contributed by atoms with E-state index in [-0.39, 0.29) is 5.56 Å². The molecule has 4 nitrogen and oxygen atoms in total. The number of carbonyl (C=O) groups is 1. The summed E-state index contributed by atoms with van der Waals surface area (Å²) in [4.78, 5) is 11.4. The highest BCUT2D eigenvalue weighted by atomic mass is 79.9. The Morgan fingerprint density at radius 2 is 1.83 bits per heavy atom. The van der Waals surface area contributed by atoms with E-state index >= 15 is 0 Å². The Balaban J connectivity index is 1.78. The lowest BCUT2D eigenvalue weighted by atomic mass is 10.1. The van der Waals surface area contributed by atoms with Gasteiger partial charge in [-0.05, 0) is 72.4 Å². The zero-order valence-corrected chi connectivity index (χ0v) is 15.5. The summed E-state index contributed by atoms with van der Waals surface area (Å²) < 4.78 is 6.46. The number of aromatic carboxylic acids is 1. The molecule has 0 bridgehead atoms. The highest BCUT2D eigenvalue weighted by Crippen LogP contribution is 2.28. The minimum atomic E-state index is -0.926. The van der Waals surface area contributed by atoms with E-state index in [0.29, 0.717) is 18.8 Å². The molecule has 0 aliphatic heterocycles. The van der Waals surface area contributed by atoms with Crippen LogP contribution in [0.1, 0.15) is 34.3 Å². The van der Waals surface area contributed by atoms with Gasteiger partial charge in [0.05, 0.1) is 17.9 Å². The highest BCUT2D eigenvalue weighted by molar-refractivity contribution is 9.10. The number of rotatable bonds is 8. The molecule has 0 heterocycles. The lowest BCUT2D eigenvalue weighted by molar-refractivity contribution is 0.0697. The second-order valence-electron chi connectivity index (χ2n) is 5.77. The standard InChI is InChI=1S/C19H22BrNO3/c1-13-5-7-15(8-6-13)24-10-4-3-9-21-18-16(19(22)23)11-14(2)12-17(18)20/h5-8,11-12,21H,3-4,9-10H2,1-2H3,(H,22,23). The Labute approximate surface area is 151 Å². The maximum Gasteiger partial charge on any atom is 0.337 e. The van der Waals surface area contributed by atoms with Crippen molar-refractivity contribution in [3.05, 3.63) is 57.6 Å². The number of carboxylic acid groups (broad SMARTS) is 1. The van der Waals surface area contributed by atoms with Crippen molar-refractivity contribution in [2.75, 3.05) is 18.5 Å². The number of carboxylic acids is 1. The van der Waals surface area contributed by atoms with E-state index in [1.807, 2.05) is 44.2 Å². The largest absolute Gasteiger partial charge is 0.494 e. The summed E-state index contributed by atoms with van der Waals surface area (Å²) in [6, 6.07) is 11.6. The first-order chi connectivity index (χ1) is 11.5. The molecule has 0 aromatic heterocycles. The summed E-state index contributed by atoms with van der Waals surface area (Å²) in [7, 11) is 0. The summed E-state index contributed by atoms with van der Waals surface area (Å²) >= 11 is 3.43. The van der Waals surface area contributed by atoms with Gasteiger partial charge in [0.1, 0.15) is 5.75 Å². The van der Waals surface area contributed by atoms with Crippen LogP contribution in [0.2, 0.25) is 0 Å². The summed E-state index contributed by atoms with van der Waals surface area (Å²) in [5.41, 5.74) is 3.05. The van der Waals surface area contributed by atoms with Crippen LogP contribution < -0.4 is 10.1 Å². The fourth-order valence-corrected chi connectivity index (χ4v) is 3.07. The van der Waals surface area contributed by atoms with Crippen LogP contribution in [0.4, 0.5) is 5.69 Å². The van der Waals surface area contributed by atoms with Crippen molar-refractivity contribution >= 4 is 27.6 Å². The van der Waals surface area contributed by atoms with Gasteiger partial charge in [-0.2, -0.15) is 0 Å². The minimum Gasteiger partial charge on any atom is -0.494 e. The molecule has 0 aliphatic rings. The first-order valence-corrected chi connectivity index (χ1v) is 8.73. The van der Waals surface area contributed by atoms with Gasteiger partial charge in [-0.1, -0.05) is 17.7 Å². The fraction of sp³-hybridized carbons (Fsp3) is 0.316. The van der Waals surface area contributed by atoms with Crippen LogP contribution in [0.15, 0.2) is 40.9 Å². The molecule has 2 N–H and O–H groups in total. The van der Waals surface area contributed by atoms with Gasteiger partial charge in [0, 0.05) is 11.0 Å². The quantitative estimate of drug-likeness (QED) is 0.619. The lowest BCUT2D eigenvalue weighted by Gasteiger charge is -2.13. The number of hydrogen-bond acceptors (Lipinski definition) is 3. The van der Waals surface area contributed by atoms with E-state index in [1.54, 1.807) is 6.07 Å². The van der Waals surface area contributed by atoms with Crippen molar-refractivity contribution in [3.63, 3.8) is 0 Å². The lowest BCUT2D eigenvalue weighted by Crippen LogP contribution is -2.10. The second-order valence-corrected chi connectivity index (χ2v) is 6.62. The summed E-state index contributed by atoms with van der Waals surface area (Å²) in [6.45, 7) is 5.26. The third-order valence-electron chi connectivity index (χ3n) is 3.63. The molecule has 0 radical (unpaired) electrons. The second kappa shape index (κ2) is 8.73. The molecule has 24 heavy (non-hydrogen) atoms. The van der Waals surface area contributed by atoms with Gasteiger partial charge in [0.15, 0.2) is 0 Å². The smallest absolute Gasteiger partial charge is 0.337 e. The van der Waals surface area contributed by atoms with Gasteiger partial charge in [-0.15, -0.1) is 0 Å². The Hall–Kier alpha value is -2.01. The molecule has 0 spiro atoms. The summed E-state index contributed by atoms with van der Waals surface area (Å²) in [5.74, 6) is -0.0485. The van der Waals surface area contributed by atoms with Gasteiger partial charge >= 0.3 is 5.97 Å². The molecule has 5 heteroatoms. The van der Waals surface area contributed by atoms with Crippen molar-refractivity contribution in [2.45, 2.75) is 26.7 Å². The summed E-state index contributed by atoms with van der Waals surface area (Å²) in [5, 5.41) is 12.5. The maximum atomic E-state index is 11.4. The molecule has 2 aromatic rings. The van der Waals surface area contributed by atoms with Crippen molar-refractivity contribution in [3.8, 4) is 5.75 Å². The molecule has 0 atom stereocenters. The van der Waals surface area contributed by atoms with Gasteiger partial charge < -0.3 is 15.2 Å². The molecule has 128 valence electrons. The van der Waals surface area contributed by atoms with E-state index in [2.05, 4.69) is 21.2 Å². The van der Waals surface area contributed by atoms with Gasteiger partial charge in [0.2, 0.25) is 0 Å². The number of nitrogens with one attached hydrogen (secondary N) is 1. The monoisotopic (exact) mass is 391 g/mol. The highest BCUT2D eigenvalue weighted by Gasteiger charge is 2.13. The Kier molecular flexibility index (Phi) is 6.67. The van der Waals surface area contributed by atoms with E-state index in [0.717, 1.165) is 28.6 Å². The van der Waals surface area contributed by atoms with Crippen LogP contribution in [-0.2, 0) is 0 Å². The van der Waals surface area contributed by atoms with Crippen LogP contribution in [0, 0.1) is 13.8 Å². The molecule has 0 fully saturated rings. The third-order valence-corrected chi connectivity index (χ3v) is 4.25. The van der Waals surface area contributed by atoms with Gasteiger partial charge in [-0.3, -0.25) is 0 Å². The number of halogens is 1. The van der Waals surface area contributed by atoms with Gasteiger partial charge in [-0.25, -0.2) is 4.79 Å². The number of ether oxygens (including phenoxy) is 1. The number of anilines is 1. The van der Waals surface area contributed by atoms with Crippen molar-refractivity contribution in [2.24, 2.45) is 0 Å². The first kappa shape index (κ1) is 18.3. The van der Waals surface area contributed by atoms with Crippen LogP contribution in [-0.4, -0.2) is 24.2 Å². The molecule has 2 rings (SSSR count).